The van der Waals surface area contributed by atoms with E-state index in [4.69, 9.17) is 4.74 Å². The lowest BCUT2D eigenvalue weighted by atomic mass is 10.4. The van der Waals surface area contributed by atoms with Crippen molar-refractivity contribution in [3.05, 3.63) is 0 Å². The molecule has 0 saturated carbocycles. The molecule has 0 radical (unpaired) electrons. The summed E-state index contributed by atoms with van der Waals surface area (Å²) >= 11 is 0. The van der Waals surface area contributed by atoms with E-state index in [0.717, 1.165) is 25.9 Å². The van der Waals surface area contributed by atoms with Gasteiger partial charge in [0.15, 0.2) is 5.96 Å². The van der Waals surface area contributed by atoms with E-state index >= 15 is 0 Å². The van der Waals surface area contributed by atoms with Crippen molar-refractivity contribution >= 4 is 17.8 Å². The van der Waals surface area contributed by atoms with Crippen molar-refractivity contribution in [3.8, 4) is 0 Å². The Bertz CT molecular complexity index is 390. The number of carbonyl (C=O) groups is 2. The second kappa shape index (κ2) is 10.0. The summed E-state index contributed by atoms with van der Waals surface area (Å²) in [4.78, 5) is 29.5. The maximum absolute atomic E-state index is 11.9. The van der Waals surface area contributed by atoms with Gasteiger partial charge in [-0.15, -0.1) is 0 Å². The highest BCUT2D eigenvalue weighted by Gasteiger charge is 2.17. The van der Waals surface area contributed by atoms with Crippen LogP contribution in [0.25, 0.3) is 0 Å². The summed E-state index contributed by atoms with van der Waals surface area (Å²) in [6, 6.07) is 0. The number of ether oxygens (including phenoxy) is 1. The van der Waals surface area contributed by atoms with Gasteiger partial charge in [-0.1, -0.05) is 0 Å². The molecule has 1 rings (SSSR count). The lowest BCUT2D eigenvalue weighted by Gasteiger charge is -2.15. The van der Waals surface area contributed by atoms with Gasteiger partial charge in [0.25, 0.3) is 0 Å². The van der Waals surface area contributed by atoms with Gasteiger partial charge in [-0.2, -0.15) is 0 Å². The molecule has 1 aliphatic heterocycles. The Morgan fingerprint density at radius 1 is 1.23 bits per heavy atom. The molecule has 0 spiro atoms. The van der Waals surface area contributed by atoms with Gasteiger partial charge in [-0.3, -0.25) is 9.59 Å². The first-order chi connectivity index (χ1) is 10.5. The number of guanidine groups is 1. The molecule has 0 aromatic rings. The van der Waals surface area contributed by atoms with Gasteiger partial charge in [0, 0.05) is 26.2 Å². The van der Waals surface area contributed by atoms with E-state index in [-0.39, 0.29) is 30.9 Å². The first kappa shape index (κ1) is 18.3. The van der Waals surface area contributed by atoms with Crippen LogP contribution < -0.4 is 10.6 Å². The molecule has 0 aromatic carbocycles. The minimum atomic E-state index is -0.244. The highest BCUT2D eigenvalue weighted by molar-refractivity contribution is 5.85. The van der Waals surface area contributed by atoms with E-state index in [0.29, 0.717) is 19.0 Å². The quantitative estimate of drug-likeness (QED) is 0.406. The third-order valence-electron chi connectivity index (χ3n) is 3.16. The molecular formula is C15H28N4O3. The van der Waals surface area contributed by atoms with Gasteiger partial charge < -0.3 is 20.3 Å². The lowest BCUT2D eigenvalue weighted by molar-refractivity contribution is -0.147. The predicted molar refractivity (Wildman–Crippen MR) is 85.6 cm³/mol. The Morgan fingerprint density at radius 3 is 2.50 bits per heavy atom. The molecule has 1 heterocycles. The maximum Gasteiger partial charge on any atom is 0.307 e. The van der Waals surface area contributed by atoms with Crippen LogP contribution in [0.3, 0.4) is 0 Å². The van der Waals surface area contributed by atoms with E-state index < -0.39 is 0 Å². The van der Waals surface area contributed by atoms with Crippen LogP contribution in [0.15, 0.2) is 4.99 Å². The zero-order chi connectivity index (χ0) is 16.4. The smallest absolute Gasteiger partial charge is 0.307 e. The fourth-order valence-electron chi connectivity index (χ4n) is 2.16. The van der Waals surface area contributed by atoms with E-state index in [1.54, 1.807) is 0 Å². The number of hydrogen-bond acceptors (Lipinski definition) is 4. The van der Waals surface area contributed by atoms with Gasteiger partial charge in [0.05, 0.1) is 12.5 Å². The minimum Gasteiger partial charge on any atom is -0.463 e. The van der Waals surface area contributed by atoms with Gasteiger partial charge in [-0.25, -0.2) is 4.99 Å². The number of esters is 1. The Kier molecular flexibility index (Phi) is 8.32. The Balaban J connectivity index is 2.35. The van der Waals surface area contributed by atoms with Crippen molar-refractivity contribution in [2.24, 2.45) is 4.99 Å². The molecule has 0 atom stereocenters. The van der Waals surface area contributed by atoms with Gasteiger partial charge in [-0.05, 0) is 33.6 Å². The largest absolute Gasteiger partial charge is 0.463 e. The Hall–Kier alpha value is -1.79. The van der Waals surface area contributed by atoms with Crippen molar-refractivity contribution in [3.63, 3.8) is 0 Å². The van der Waals surface area contributed by atoms with Crippen molar-refractivity contribution in [1.82, 2.24) is 15.5 Å². The summed E-state index contributed by atoms with van der Waals surface area (Å²) in [6.45, 7) is 8.51. The second-order valence-electron chi connectivity index (χ2n) is 5.50. The normalized spacial score (nSPS) is 15.1. The zero-order valence-electron chi connectivity index (χ0n) is 13.9. The third-order valence-corrected chi connectivity index (χ3v) is 3.16. The fraction of sp³-hybridized carbons (Fsp3) is 0.800. The van der Waals surface area contributed by atoms with Crippen LogP contribution in [-0.2, 0) is 14.3 Å². The molecule has 0 aromatic heterocycles. The van der Waals surface area contributed by atoms with Crippen molar-refractivity contribution < 1.29 is 14.3 Å². The minimum absolute atomic E-state index is 0.0499. The fourth-order valence-corrected chi connectivity index (χ4v) is 2.16. The van der Waals surface area contributed by atoms with Crippen LogP contribution in [0, 0.1) is 0 Å². The highest BCUT2D eigenvalue weighted by Crippen LogP contribution is 2.07. The summed E-state index contributed by atoms with van der Waals surface area (Å²) in [5, 5.41) is 6.10. The van der Waals surface area contributed by atoms with Gasteiger partial charge in [0.2, 0.25) is 5.91 Å². The van der Waals surface area contributed by atoms with Crippen molar-refractivity contribution in [2.45, 2.75) is 46.1 Å². The number of nitrogens with one attached hydrogen (secondary N) is 2. The average Bonchev–Trinajstić information content (AvgIpc) is 2.97. The van der Waals surface area contributed by atoms with Crippen LogP contribution >= 0.6 is 0 Å². The lowest BCUT2D eigenvalue weighted by Crippen LogP contribution is -2.39. The maximum atomic E-state index is 11.9. The number of nitrogens with zero attached hydrogens (tertiary/aromatic N) is 2. The molecule has 0 aliphatic carbocycles. The number of rotatable bonds is 7. The number of amides is 1. The van der Waals surface area contributed by atoms with Crippen LogP contribution in [0.4, 0.5) is 0 Å². The first-order valence-corrected chi connectivity index (χ1v) is 8.02. The summed E-state index contributed by atoms with van der Waals surface area (Å²) in [6.07, 6.45) is 2.31. The third kappa shape index (κ3) is 7.28. The van der Waals surface area contributed by atoms with E-state index in [1.165, 1.54) is 0 Å². The predicted octanol–water partition coefficient (Wildman–Crippen LogP) is 0.506. The summed E-state index contributed by atoms with van der Waals surface area (Å²) in [7, 11) is 0. The average molecular weight is 312 g/mol. The number of likely N-dealkylation sites (tertiary alicyclic amines) is 1. The monoisotopic (exact) mass is 312 g/mol. The van der Waals surface area contributed by atoms with E-state index in [1.807, 2.05) is 25.7 Å². The number of carbonyl (C=O) groups excluding carboxylic acids is 2. The standard InChI is InChI=1S/C15H28N4O3/c1-4-16-15(17-8-7-14(21)22-12(2)3)18-11-13(20)19-9-5-6-10-19/h12H,4-11H2,1-3H3,(H2,16,17,18). The van der Waals surface area contributed by atoms with E-state index in [2.05, 4.69) is 15.6 Å². The van der Waals surface area contributed by atoms with Crippen LogP contribution in [0.1, 0.15) is 40.0 Å². The number of aliphatic imine (C=N–C) groups is 1. The molecule has 7 heteroatoms. The molecule has 1 aliphatic rings. The summed E-state index contributed by atoms with van der Waals surface area (Å²) in [5.41, 5.74) is 0. The van der Waals surface area contributed by atoms with Gasteiger partial charge >= 0.3 is 5.97 Å². The summed E-state index contributed by atoms with van der Waals surface area (Å²) < 4.78 is 5.06. The topological polar surface area (TPSA) is 83.0 Å². The van der Waals surface area contributed by atoms with Crippen molar-refractivity contribution in [2.75, 3.05) is 32.7 Å². The summed E-state index contributed by atoms with van der Waals surface area (Å²) in [5.74, 6) is 0.354. The molecule has 1 fully saturated rings. The molecular weight excluding hydrogens is 284 g/mol. The molecule has 1 saturated heterocycles. The zero-order valence-corrected chi connectivity index (χ0v) is 13.9. The highest BCUT2D eigenvalue weighted by atomic mass is 16.5. The Labute approximate surface area is 132 Å². The molecule has 0 unspecified atom stereocenters. The second-order valence-corrected chi connectivity index (χ2v) is 5.50. The molecule has 2 N–H and O–H groups in total. The molecule has 0 bridgehead atoms. The van der Waals surface area contributed by atoms with Gasteiger partial charge in [0.1, 0.15) is 6.54 Å². The van der Waals surface area contributed by atoms with Crippen LogP contribution in [-0.4, -0.2) is 61.6 Å². The molecule has 22 heavy (non-hydrogen) atoms. The SMILES string of the molecule is CCNC(=NCC(=O)N1CCCC1)NCCC(=O)OC(C)C. The van der Waals surface area contributed by atoms with Crippen LogP contribution in [0.2, 0.25) is 0 Å². The van der Waals surface area contributed by atoms with E-state index in [9.17, 15) is 9.59 Å². The van der Waals surface area contributed by atoms with Crippen LogP contribution in [0.5, 0.6) is 0 Å². The molecule has 1 amide bonds. The number of hydrogen-bond donors (Lipinski definition) is 2. The Morgan fingerprint density at radius 2 is 1.91 bits per heavy atom. The first-order valence-electron chi connectivity index (χ1n) is 8.02. The molecule has 7 nitrogen and oxygen atoms in total. The van der Waals surface area contributed by atoms with Crippen molar-refractivity contribution in [1.29, 1.82) is 0 Å². The molecule has 126 valence electrons.